The van der Waals surface area contributed by atoms with Crippen LogP contribution in [0.25, 0.3) is 0 Å². The smallest absolute Gasteiger partial charge is 0.186 e. The Balaban J connectivity index is 1.29. The third-order valence-electron chi connectivity index (χ3n) is 10.9. The van der Waals surface area contributed by atoms with Crippen molar-refractivity contribution in [3.05, 3.63) is 0 Å². The third-order valence-corrected chi connectivity index (χ3v) is 10.9. The summed E-state index contributed by atoms with van der Waals surface area (Å²) in [5.41, 5.74) is 0. The first-order valence-corrected chi connectivity index (χ1v) is 17.9. The van der Waals surface area contributed by atoms with E-state index in [9.17, 15) is 0 Å². The van der Waals surface area contributed by atoms with E-state index in [1.807, 2.05) is 0 Å². The highest BCUT2D eigenvalue weighted by molar-refractivity contribution is 4.94. The topological polar surface area (TPSA) is 55.4 Å². The summed E-state index contributed by atoms with van der Waals surface area (Å²) in [6.07, 6.45) is 24.9. The SMILES string of the molecule is COC1O[C@H](COCC2CCCCC2)[C@H](OCC2CCCCC2)[C@H](OCC2CCCCC2)[C@H]1OCC1CCCCC1. The summed E-state index contributed by atoms with van der Waals surface area (Å²) in [5.74, 6) is 2.57. The van der Waals surface area contributed by atoms with Gasteiger partial charge in [0.2, 0.25) is 0 Å². The minimum Gasteiger partial charge on any atom is -0.378 e. The molecule has 1 saturated heterocycles. The summed E-state index contributed by atoms with van der Waals surface area (Å²) in [6.45, 7) is 3.68. The van der Waals surface area contributed by atoms with E-state index in [0.29, 0.717) is 30.3 Å². The maximum Gasteiger partial charge on any atom is 0.186 e. The fourth-order valence-electron chi connectivity index (χ4n) is 8.28. The van der Waals surface area contributed by atoms with Crippen molar-refractivity contribution in [2.75, 3.05) is 40.1 Å². The van der Waals surface area contributed by atoms with Crippen LogP contribution < -0.4 is 0 Å². The van der Waals surface area contributed by atoms with Crippen LogP contribution in [0.15, 0.2) is 0 Å². The van der Waals surface area contributed by atoms with E-state index in [2.05, 4.69) is 0 Å². The standard InChI is InChI=1S/C35H62O6/c1-36-35-34(40-25-30-20-12-5-13-21-30)33(39-24-29-18-10-4-11-19-29)32(38-23-28-16-8-3-9-17-28)31(41-35)26-37-22-27-14-6-2-7-15-27/h27-35H,2-26H2,1H3/t31-,32+,33+,34-,35?/m1/s1. The van der Waals surface area contributed by atoms with Crippen LogP contribution in [0.1, 0.15) is 128 Å². The van der Waals surface area contributed by atoms with E-state index in [4.69, 9.17) is 28.4 Å². The Hall–Kier alpha value is -0.240. The van der Waals surface area contributed by atoms with E-state index >= 15 is 0 Å². The molecule has 238 valence electrons. The summed E-state index contributed by atoms with van der Waals surface area (Å²) in [6, 6.07) is 0. The van der Waals surface area contributed by atoms with E-state index in [0.717, 1.165) is 26.4 Å². The number of methoxy groups -OCH3 is 1. The molecule has 6 heteroatoms. The first-order valence-electron chi connectivity index (χ1n) is 17.9. The van der Waals surface area contributed by atoms with Crippen LogP contribution in [0.2, 0.25) is 0 Å². The van der Waals surface area contributed by atoms with Crippen LogP contribution in [-0.2, 0) is 28.4 Å². The minimum atomic E-state index is -0.465. The van der Waals surface area contributed by atoms with Gasteiger partial charge < -0.3 is 28.4 Å². The molecule has 41 heavy (non-hydrogen) atoms. The van der Waals surface area contributed by atoms with Gasteiger partial charge in [-0.15, -0.1) is 0 Å². The lowest BCUT2D eigenvalue weighted by Gasteiger charge is -2.46. The third kappa shape index (κ3) is 10.1. The summed E-state index contributed by atoms with van der Waals surface area (Å²) in [4.78, 5) is 0. The van der Waals surface area contributed by atoms with Gasteiger partial charge in [-0.1, -0.05) is 77.0 Å². The highest BCUT2D eigenvalue weighted by Crippen LogP contribution is 2.34. The second-order valence-corrected chi connectivity index (χ2v) is 14.2. The normalized spacial score (nSPS) is 33.7. The van der Waals surface area contributed by atoms with Gasteiger partial charge >= 0.3 is 0 Å². The average molecular weight is 579 g/mol. The van der Waals surface area contributed by atoms with Crippen LogP contribution in [0.5, 0.6) is 0 Å². The highest BCUT2D eigenvalue weighted by Gasteiger charge is 2.49. The van der Waals surface area contributed by atoms with Gasteiger partial charge in [0.05, 0.1) is 26.4 Å². The predicted octanol–water partition coefficient (Wildman–Crippen LogP) is 7.85. The van der Waals surface area contributed by atoms with Crippen molar-refractivity contribution in [1.82, 2.24) is 0 Å². The maximum atomic E-state index is 6.92. The monoisotopic (exact) mass is 578 g/mol. The van der Waals surface area contributed by atoms with Crippen LogP contribution in [0, 0.1) is 23.7 Å². The molecule has 0 N–H and O–H groups in total. The van der Waals surface area contributed by atoms with Crippen molar-refractivity contribution >= 4 is 0 Å². The van der Waals surface area contributed by atoms with Crippen molar-refractivity contribution in [2.24, 2.45) is 23.7 Å². The van der Waals surface area contributed by atoms with E-state index in [1.54, 1.807) is 7.11 Å². The van der Waals surface area contributed by atoms with Gasteiger partial charge in [0.1, 0.15) is 24.4 Å². The van der Waals surface area contributed by atoms with Gasteiger partial charge in [0, 0.05) is 13.7 Å². The quantitative estimate of drug-likeness (QED) is 0.209. The zero-order chi connectivity index (χ0) is 28.1. The van der Waals surface area contributed by atoms with Crippen molar-refractivity contribution in [3.8, 4) is 0 Å². The Labute approximate surface area is 251 Å². The Morgan fingerprint density at radius 3 is 1.27 bits per heavy atom. The number of ether oxygens (including phenoxy) is 6. The molecule has 0 aromatic carbocycles. The molecule has 5 atom stereocenters. The molecular formula is C35H62O6. The molecular weight excluding hydrogens is 516 g/mol. The van der Waals surface area contributed by atoms with Crippen LogP contribution >= 0.6 is 0 Å². The zero-order valence-electron chi connectivity index (χ0n) is 26.3. The fourth-order valence-corrected chi connectivity index (χ4v) is 8.28. The Kier molecular flexibility index (Phi) is 14.0. The summed E-state index contributed by atoms with van der Waals surface area (Å²) >= 11 is 0. The van der Waals surface area contributed by atoms with Crippen molar-refractivity contribution in [3.63, 3.8) is 0 Å². The Bertz CT molecular complexity index is 680. The average Bonchev–Trinajstić information content (AvgIpc) is 3.04. The molecule has 1 aliphatic heterocycles. The van der Waals surface area contributed by atoms with Crippen LogP contribution in [-0.4, -0.2) is 70.9 Å². The fraction of sp³-hybridized carbons (Fsp3) is 1.00. The van der Waals surface area contributed by atoms with Gasteiger partial charge in [0.15, 0.2) is 6.29 Å². The molecule has 0 bridgehead atoms. The lowest BCUT2D eigenvalue weighted by Crippen LogP contribution is -2.62. The van der Waals surface area contributed by atoms with E-state index < -0.39 is 6.29 Å². The molecule has 0 aromatic heterocycles. The number of hydrogen-bond donors (Lipinski definition) is 0. The van der Waals surface area contributed by atoms with E-state index in [1.165, 1.54) is 128 Å². The van der Waals surface area contributed by atoms with Crippen LogP contribution in [0.3, 0.4) is 0 Å². The summed E-state index contributed by atoms with van der Waals surface area (Å²) in [5, 5.41) is 0. The number of hydrogen-bond acceptors (Lipinski definition) is 6. The minimum absolute atomic E-state index is 0.199. The second-order valence-electron chi connectivity index (χ2n) is 14.2. The van der Waals surface area contributed by atoms with Crippen molar-refractivity contribution in [1.29, 1.82) is 0 Å². The highest BCUT2D eigenvalue weighted by atomic mass is 16.7. The first kappa shape index (κ1) is 32.2. The molecule has 1 unspecified atom stereocenters. The predicted molar refractivity (Wildman–Crippen MR) is 162 cm³/mol. The summed E-state index contributed by atoms with van der Waals surface area (Å²) < 4.78 is 39.6. The molecule has 5 fully saturated rings. The molecule has 4 saturated carbocycles. The van der Waals surface area contributed by atoms with E-state index in [-0.39, 0.29) is 24.4 Å². The van der Waals surface area contributed by atoms with Gasteiger partial charge in [-0.3, -0.25) is 0 Å². The van der Waals surface area contributed by atoms with Gasteiger partial charge in [-0.2, -0.15) is 0 Å². The Morgan fingerprint density at radius 1 is 0.439 bits per heavy atom. The molecule has 0 amide bonds. The molecule has 5 rings (SSSR count). The molecule has 0 radical (unpaired) electrons. The molecule has 0 spiro atoms. The summed E-state index contributed by atoms with van der Waals surface area (Å²) in [7, 11) is 1.75. The van der Waals surface area contributed by atoms with Crippen LogP contribution in [0.4, 0.5) is 0 Å². The van der Waals surface area contributed by atoms with Crippen molar-refractivity contribution in [2.45, 2.75) is 159 Å². The van der Waals surface area contributed by atoms with Gasteiger partial charge in [-0.25, -0.2) is 0 Å². The largest absolute Gasteiger partial charge is 0.378 e. The number of rotatable bonds is 14. The lowest BCUT2D eigenvalue weighted by atomic mass is 9.89. The Morgan fingerprint density at radius 2 is 0.829 bits per heavy atom. The molecule has 5 aliphatic rings. The van der Waals surface area contributed by atoms with Gasteiger partial charge in [-0.05, 0) is 75.0 Å². The first-order chi connectivity index (χ1) is 20.3. The van der Waals surface area contributed by atoms with Gasteiger partial charge in [0.25, 0.3) is 0 Å². The maximum absolute atomic E-state index is 6.92. The molecule has 4 aliphatic carbocycles. The molecule has 0 aromatic rings. The van der Waals surface area contributed by atoms with Crippen molar-refractivity contribution < 1.29 is 28.4 Å². The molecule has 1 heterocycles. The zero-order valence-corrected chi connectivity index (χ0v) is 26.3. The lowest BCUT2D eigenvalue weighted by molar-refractivity contribution is -0.322. The molecule has 6 nitrogen and oxygen atoms in total. The second kappa shape index (κ2) is 17.9.